The fraction of sp³-hybridized carbons (Fsp3) is 0.409. The van der Waals surface area contributed by atoms with Crippen molar-refractivity contribution in [3.8, 4) is 0 Å². The lowest BCUT2D eigenvalue weighted by Gasteiger charge is -2.36. The molecule has 5 N–H and O–H groups in total. The fourth-order valence-electron chi connectivity index (χ4n) is 3.72. The van der Waals surface area contributed by atoms with Gasteiger partial charge in [-0.05, 0) is 37.1 Å². The predicted octanol–water partition coefficient (Wildman–Crippen LogP) is 2.03. The second-order valence-corrected chi connectivity index (χ2v) is 7.59. The summed E-state index contributed by atoms with van der Waals surface area (Å²) in [6.45, 7) is 8.47. The Balaban J connectivity index is 1.44. The highest BCUT2D eigenvalue weighted by molar-refractivity contribution is 5.99. The molecule has 28 heavy (non-hydrogen) atoms. The molecule has 1 atom stereocenters. The van der Waals surface area contributed by atoms with E-state index in [2.05, 4.69) is 52.4 Å². The highest BCUT2D eigenvalue weighted by Gasteiger charge is 2.19. The SMILES string of the molecule is CC(CN1CCN(CCc2ccccc2)CC1)Nc1ccc(N)cc1C(N)=O. The first-order valence-corrected chi connectivity index (χ1v) is 9.96. The van der Waals surface area contributed by atoms with Gasteiger partial charge in [-0.2, -0.15) is 0 Å². The van der Waals surface area contributed by atoms with E-state index in [1.165, 1.54) is 5.56 Å². The van der Waals surface area contributed by atoms with Gasteiger partial charge in [-0.25, -0.2) is 0 Å². The van der Waals surface area contributed by atoms with E-state index in [-0.39, 0.29) is 6.04 Å². The maximum absolute atomic E-state index is 11.7. The van der Waals surface area contributed by atoms with Crippen LogP contribution in [0.2, 0.25) is 0 Å². The summed E-state index contributed by atoms with van der Waals surface area (Å²) < 4.78 is 0. The van der Waals surface area contributed by atoms with Crippen molar-refractivity contribution < 1.29 is 4.79 Å². The molecule has 150 valence electrons. The van der Waals surface area contributed by atoms with Gasteiger partial charge in [0, 0.05) is 56.7 Å². The lowest BCUT2D eigenvalue weighted by Crippen LogP contribution is -2.49. The third kappa shape index (κ3) is 5.71. The Morgan fingerprint density at radius 1 is 1.07 bits per heavy atom. The number of carbonyl (C=O) groups excluding carboxylic acids is 1. The number of nitrogens with one attached hydrogen (secondary N) is 1. The van der Waals surface area contributed by atoms with E-state index in [9.17, 15) is 4.79 Å². The van der Waals surface area contributed by atoms with Gasteiger partial charge in [0.2, 0.25) is 0 Å². The van der Waals surface area contributed by atoms with Gasteiger partial charge < -0.3 is 21.7 Å². The highest BCUT2D eigenvalue weighted by Crippen LogP contribution is 2.19. The maximum atomic E-state index is 11.7. The summed E-state index contributed by atoms with van der Waals surface area (Å²) in [5.74, 6) is -0.464. The minimum atomic E-state index is -0.464. The van der Waals surface area contributed by atoms with Crippen molar-refractivity contribution in [3.63, 3.8) is 0 Å². The molecule has 1 unspecified atom stereocenters. The minimum absolute atomic E-state index is 0.206. The van der Waals surface area contributed by atoms with Crippen molar-refractivity contribution in [2.45, 2.75) is 19.4 Å². The van der Waals surface area contributed by atoms with E-state index in [4.69, 9.17) is 11.5 Å². The molecule has 6 nitrogen and oxygen atoms in total. The normalized spacial score (nSPS) is 16.6. The summed E-state index contributed by atoms with van der Waals surface area (Å²) in [7, 11) is 0. The molecule has 0 aromatic heterocycles. The molecule has 0 saturated carbocycles. The van der Waals surface area contributed by atoms with Crippen LogP contribution in [0.1, 0.15) is 22.8 Å². The molecule has 2 aromatic rings. The van der Waals surface area contributed by atoms with E-state index in [0.29, 0.717) is 11.3 Å². The number of nitrogens with two attached hydrogens (primary N) is 2. The van der Waals surface area contributed by atoms with Gasteiger partial charge in [0.05, 0.1) is 5.56 Å². The number of primary amides is 1. The van der Waals surface area contributed by atoms with Crippen LogP contribution in [-0.2, 0) is 6.42 Å². The number of rotatable bonds is 8. The van der Waals surface area contributed by atoms with E-state index in [1.54, 1.807) is 12.1 Å². The van der Waals surface area contributed by atoms with Crippen LogP contribution >= 0.6 is 0 Å². The Morgan fingerprint density at radius 3 is 2.43 bits per heavy atom. The van der Waals surface area contributed by atoms with Crippen molar-refractivity contribution in [1.29, 1.82) is 0 Å². The number of amides is 1. The van der Waals surface area contributed by atoms with Crippen molar-refractivity contribution in [2.75, 3.05) is 50.3 Å². The zero-order valence-corrected chi connectivity index (χ0v) is 16.6. The predicted molar refractivity (Wildman–Crippen MR) is 115 cm³/mol. The Hall–Kier alpha value is -2.57. The molecule has 1 fully saturated rings. The molecule has 3 rings (SSSR count). The van der Waals surface area contributed by atoms with Crippen LogP contribution in [0, 0.1) is 0 Å². The van der Waals surface area contributed by atoms with Crippen molar-refractivity contribution in [1.82, 2.24) is 9.80 Å². The number of nitrogen functional groups attached to an aromatic ring is 1. The Morgan fingerprint density at radius 2 is 1.75 bits per heavy atom. The number of piperazine rings is 1. The molecule has 0 aliphatic carbocycles. The van der Waals surface area contributed by atoms with Gasteiger partial charge in [0.15, 0.2) is 0 Å². The number of nitrogens with zero attached hydrogens (tertiary/aromatic N) is 2. The molecule has 0 spiro atoms. The number of hydrogen-bond acceptors (Lipinski definition) is 5. The molecule has 1 saturated heterocycles. The summed E-state index contributed by atoms with van der Waals surface area (Å²) in [4.78, 5) is 16.7. The number of hydrogen-bond donors (Lipinski definition) is 3. The third-order valence-electron chi connectivity index (χ3n) is 5.27. The van der Waals surface area contributed by atoms with Gasteiger partial charge in [0.25, 0.3) is 5.91 Å². The average molecular weight is 382 g/mol. The van der Waals surface area contributed by atoms with Crippen LogP contribution in [0.3, 0.4) is 0 Å². The lowest BCUT2D eigenvalue weighted by atomic mass is 10.1. The Bertz CT molecular complexity index is 772. The van der Waals surface area contributed by atoms with Gasteiger partial charge in [-0.3, -0.25) is 9.69 Å². The average Bonchev–Trinajstić information content (AvgIpc) is 2.69. The summed E-state index contributed by atoms with van der Waals surface area (Å²) in [6, 6.07) is 16.1. The van der Waals surface area contributed by atoms with Crippen LogP contribution in [0.4, 0.5) is 11.4 Å². The Labute approximate surface area is 167 Å². The quantitative estimate of drug-likeness (QED) is 0.609. The standard InChI is InChI=1S/C22H31N5O/c1-17(25-21-8-7-19(23)15-20(21)22(24)28)16-27-13-11-26(12-14-27)10-9-18-5-3-2-4-6-18/h2-8,15,17,25H,9-14,16,23H2,1H3,(H2,24,28). The molecular weight excluding hydrogens is 350 g/mol. The van der Waals surface area contributed by atoms with E-state index < -0.39 is 5.91 Å². The first kappa shape index (κ1) is 20.2. The first-order chi connectivity index (χ1) is 13.5. The Kier molecular flexibility index (Phi) is 6.90. The number of anilines is 2. The van der Waals surface area contributed by atoms with Crippen LogP contribution in [0.15, 0.2) is 48.5 Å². The van der Waals surface area contributed by atoms with Gasteiger partial charge in [0.1, 0.15) is 0 Å². The van der Waals surface area contributed by atoms with Crippen molar-refractivity contribution in [3.05, 3.63) is 59.7 Å². The molecule has 1 aliphatic rings. The summed E-state index contributed by atoms with van der Waals surface area (Å²) >= 11 is 0. The van der Waals surface area contributed by atoms with Gasteiger partial charge in [-0.15, -0.1) is 0 Å². The van der Waals surface area contributed by atoms with Crippen LogP contribution in [0.25, 0.3) is 0 Å². The maximum Gasteiger partial charge on any atom is 0.250 e. The summed E-state index contributed by atoms with van der Waals surface area (Å²) in [5.41, 5.74) is 14.4. The van der Waals surface area contributed by atoms with Crippen LogP contribution in [0.5, 0.6) is 0 Å². The molecule has 6 heteroatoms. The van der Waals surface area contributed by atoms with Gasteiger partial charge >= 0.3 is 0 Å². The summed E-state index contributed by atoms with van der Waals surface area (Å²) in [6.07, 6.45) is 1.10. The monoisotopic (exact) mass is 381 g/mol. The fourth-order valence-corrected chi connectivity index (χ4v) is 3.72. The first-order valence-electron chi connectivity index (χ1n) is 9.96. The summed E-state index contributed by atoms with van der Waals surface area (Å²) in [5, 5.41) is 3.41. The van der Waals surface area contributed by atoms with E-state index in [0.717, 1.165) is 51.4 Å². The van der Waals surface area contributed by atoms with Crippen LogP contribution < -0.4 is 16.8 Å². The van der Waals surface area contributed by atoms with Crippen LogP contribution in [-0.4, -0.2) is 61.0 Å². The van der Waals surface area contributed by atoms with E-state index >= 15 is 0 Å². The zero-order chi connectivity index (χ0) is 19.9. The molecule has 0 radical (unpaired) electrons. The van der Waals surface area contributed by atoms with Crippen molar-refractivity contribution >= 4 is 17.3 Å². The molecular formula is C22H31N5O. The smallest absolute Gasteiger partial charge is 0.250 e. The molecule has 0 bridgehead atoms. The highest BCUT2D eigenvalue weighted by atomic mass is 16.1. The second-order valence-electron chi connectivity index (χ2n) is 7.59. The van der Waals surface area contributed by atoms with Crippen molar-refractivity contribution in [2.24, 2.45) is 5.73 Å². The largest absolute Gasteiger partial charge is 0.399 e. The lowest BCUT2D eigenvalue weighted by molar-refractivity contribution is 0.100. The second kappa shape index (κ2) is 9.57. The minimum Gasteiger partial charge on any atom is -0.399 e. The number of benzene rings is 2. The zero-order valence-electron chi connectivity index (χ0n) is 16.6. The number of carbonyl (C=O) groups is 1. The molecule has 1 heterocycles. The van der Waals surface area contributed by atoms with Gasteiger partial charge in [-0.1, -0.05) is 30.3 Å². The molecule has 1 aliphatic heterocycles. The topological polar surface area (TPSA) is 87.6 Å². The van der Waals surface area contributed by atoms with E-state index in [1.807, 2.05) is 6.07 Å². The molecule has 2 aromatic carbocycles. The molecule has 1 amide bonds. The third-order valence-corrected chi connectivity index (χ3v) is 5.27.